The first-order chi connectivity index (χ1) is 7.78. The highest BCUT2D eigenvalue weighted by atomic mass is 32.2. The van der Waals surface area contributed by atoms with Crippen molar-refractivity contribution in [1.82, 2.24) is 9.80 Å². The van der Waals surface area contributed by atoms with Crippen molar-refractivity contribution in [3.05, 3.63) is 0 Å². The molecule has 2 fully saturated rings. The molecule has 0 aromatic rings. The molecule has 2 heterocycles. The van der Waals surface area contributed by atoms with E-state index in [-0.39, 0.29) is 11.6 Å². The Morgan fingerprint density at radius 1 is 1.06 bits per heavy atom. The van der Waals surface area contributed by atoms with Crippen molar-refractivity contribution in [2.24, 2.45) is 0 Å². The summed E-state index contributed by atoms with van der Waals surface area (Å²) in [6.07, 6.45) is 0.831. The maximum absolute atomic E-state index is 11.5. The van der Waals surface area contributed by atoms with E-state index in [0.717, 1.165) is 32.6 Å². The fraction of sp³-hybridized carbons (Fsp3) is 1.00. The molecule has 2 rings (SSSR count). The molecular weight excluding hydrogens is 236 g/mol. The van der Waals surface area contributed by atoms with Gasteiger partial charge in [0.15, 0.2) is 9.84 Å². The molecule has 0 saturated carbocycles. The topological polar surface area (TPSA) is 40.6 Å². The minimum atomic E-state index is -2.74. The molecule has 2 saturated heterocycles. The van der Waals surface area contributed by atoms with Gasteiger partial charge in [-0.05, 0) is 27.2 Å². The Hall–Kier alpha value is -0.130. The molecular formula is C12H24N2O2S. The maximum Gasteiger partial charge on any atom is 0.151 e. The number of hydrogen-bond donors (Lipinski definition) is 0. The second-order valence-corrected chi connectivity index (χ2v) is 8.48. The zero-order valence-electron chi connectivity index (χ0n) is 11.1. The lowest BCUT2D eigenvalue weighted by Crippen LogP contribution is -2.55. The number of rotatable bonds is 1. The molecule has 0 radical (unpaired) electrons. The van der Waals surface area contributed by atoms with Crippen LogP contribution in [0, 0.1) is 0 Å². The Bertz CT molecular complexity index is 364. The monoisotopic (exact) mass is 260 g/mol. The first-order valence-corrected chi connectivity index (χ1v) is 8.30. The van der Waals surface area contributed by atoms with Gasteiger partial charge in [-0.2, -0.15) is 0 Å². The van der Waals surface area contributed by atoms with E-state index in [1.165, 1.54) is 0 Å². The molecule has 2 aliphatic rings. The molecule has 5 heteroatoms. The maximum atomic E-state index is 11.5. The van der Waals surface area contributed by atoms with E-state index in [2.05, 4.69) is 30.6 Å². The lowest BCUT2D eigenvalue weighted by Gasteiger charge is -2.43. The fourth-order valence-corrected chi connectivity index (χ4v) is 4.58. The molecule has 0 bridgehead atoms. The molecule has 1 atom stereocenters. The lowest BCUT2D eigenvalue weighted by atomic mass is 10.0. The minimum absolute atomic E-state index is 0.230. The van der Waals surface area contributed by atoms with Crippen LogP contribution in [0.2, 0.25) is 0 Å². The standard InChI is InChI=1S/C12H24N2O2S/c1-12(2,3)14-7-5-13(6-8-14)11-4-9-17(15,16)10-11/h11H,4-10H2,1-3H3. The molecule has 0 spiro atoms. The van der Waals surface area contributed by atoms with Gasteiger partial charge >= 0.3 is 0 Å². The summed E-state index contributed by atoms with van der Waals surface area (Å²) in [5.74, 6) is 0.764. The number of nitrogens with zero attached hydrogens (tertiary/aromatic N) is 2. The third-order valence-corrected chi connectivity index (χ3v) is 5.74. The van der Waals surface area contributed by atoms with Crippen molar-refractivity contribution < 1.29 is 8.42 Å². The summed E-state index contributed by atoms with van der Waals surface area (Å²) in [7, 11) is -2.74. The number of hydrogen-bond acceptors (Lipinski definition) is 4. The zero-order chi connectivity index (χ0) is 12.7. The lowest BCUT2D eigenvalue weighted by molar-refractivity contribution is 0.0470. The molecule has 100 valence electrons. The Kier molecular flexibility index (Phi) is 3.54. The second kappa shape index (κ2) is 4.52. The average molecular weight is 260 g/mol. The normalized spacial score (nSPS) is 31.8. The van der Waals surface area contributed by atoms with E-state index in [0.29, 0.717) is 11.5 Å². The zero-order valence-corrected chi connectivity index (χ0v) is 12.0. The molecule has 1 unspecified atom stereocenters. The van der Waals surface area contributed by atoms with Gasteiger partial charge in [-0.15, -0.1) is 0 Å². The fourth-order valence-electron chi connectivity index (χ4n) is 2.82. The van der Waals surface area contributed by atoms with Crippen LogP contribution in [0.4, 0.5) is 0 Å². The highest BCUT2D eigenvalue weighted by Crippen LogP contribution is 2.21. The molecule has 0 aromatic carbocycles. The average Bonchev–Trinajstić information content (AvgIpc) is 2.58. The van der Waals surface area contributed by atoms with Gasteiger partial charge in [0.25, 0.3) is 0 Å². The Labute approximate surface area is 105 Å². The van der Waals surface area contributed by atoms with Crippen molar-refractivity contribution in [3.8, 4) is 0 Å². The van der Waals surface area contributed by atoms with Crippen molar-refractivity contribution >= 4 is 9.84 Å². The molecule has 0 aromatic heterocycles. The number of piperazine rings is 1. The summed E-state index contributed by atoms with van der Waals surface area (Å²) >= 11 is 0. The van der Waals surface area contributed by atoms with E-state index in [9.17, 15) is 8.42 Å². The van der Waals surface area contributed by atoms with Gasteiger partial charge in [-0.25, -0.2) is 8.42 Å². The van der Waals surface area contributed by atoms with Crippen molar-refractivity contribution in [2.45, 2.75) is 38.8 Å². The van der Waals surface area contributed by atoms with Crippen LogP contribution < -0.4 is 0 Å². The summed E-state index contributed by atoms with van der Waals surface area (Å²) in [5, 5.41) is 0. The van der Waals surface area contributed by atoms with Crippen molar-refractivity contribution in [2.75, 3.05) is 37.7 Å². The predicted octanol–water partition coefficient (Wildman–Crippen LogP) is 0.590. The third kappa shape index (κ3) is 3.20. The molecule has 4 nitrogen and oxygen atoms in total. The highest BCUT2D eigenvalue weighted by Gasteiger charge is 2.35. The van der Waals surface area contributed by atoms with E-state index >= 15 is 0 Å². The van der Waals surface area contributed by atoms with Gasteiger partial charge in [0.2, 0.25) is 0 Å². The SMILES string of the molecule is CC(C)(C)N1CCN(C2CCS(=O)(=O)C2)CC1. The second-order valence-electron chi connectivity index (χ2n) is 6.25. The summed E-state index contributed by atoms with van der Waals surface area (Å²) in [4.78, 5) is 4.85. The van der Waals surface area contributed by atoms with Crippen LogP contribution in [0.5, 0.6) is 0 Å². The van der Waals surface area contributed by atoms with Gasteiger partial charge in [-0.1, -0.05) is 0 Å². The van der Waals surface area contributed by atoms with Gasteiger partial charge < -0.3 is 0 Å². The number of sulfone groups is 1. The van der Waals surface area contributed by atoms with Crippen LogP contribution in [0.3, 0.4) is 0 Å². The smallest absolute Gasteiger partial charge is 0.151 e. The molecule has 2 aliphatic heterocycles. The van der Waals surface area contributed by atoms with Gasteiger partial charge in [0.1, 0.15) is 0 Å². The highest BCUT2D eigenvalue weighted by molar-refractivity contribution is 7.91. The van der Waals surface area contributed by atoms with E-state index in [1.807, 2.05) is 0 Å². The summed E-state index contributed by atoms with van der Waals surface area (Å²) < 4.78 is 22.9. The first-order valence-electron chi connectivity index (χ1n) is 6.47. The molecule has 0 N–H and O–H groups in total. The first kappa shape index (κ1) is 13.3. The largest absolute Gasteiger partial charge is 0.297 e. The van der Waals surface area contributed by atoms with Crippen LogP contribution >= 0.6 is 0 Å². The van der Waals surface area contributed by atoms with E-state index in [4.69, 9.17) is 0 Å². The molecule has 0 amide bonds. The van der Waals surface area contributed by atoms with E-state index < -0.39 is 9.84 Å². The third-order valence-electron chi connectivity index (χ3n) is 3.99. The Morgan fingerprint density at radius 3 is 2.06 bits per heavy atom. The minimum Gasteiger partial charge on any atom is -0.297 e. The summed E-state index contributed by atoms with van der Waals surface area (Å²) in [6, 6.07) is 0.280. The van der Waals surface area contributed by atoms with Crippen LogP contribution in [-0.2, 0) is 9.84 Å². The van der Waals surface area contributed by atoms with Crippen LogP contribution in [0.25, 0.3) is 0 Å². The quantitative estimate of drug-likeness (QED) is 0.692. The summed E-state index contributed by atoms with van der Waals surface area (Å²) in [5.41, 5.74) is 0.230. The Balaban J connectivity index is 1.88. The molecule has 0 aliphatic carbocycles. The Morgan fingerprint density at radius 2 is 1.65 bits per heavy atom. The van der Waals surface area contributed by atoms with Crippen molar-refractivity contribution in [1.29, 1.82) is 0 Å². The van der Waals surface area contributed by atoms with Crippen LogP contribution in [-0.4, -0.2) is 67.5 Å². The van der Waals surface area contributed by atoms with Crippen LogP contribution in [0.15, 0.2) is 0 Å². The van der Waals surface area contributed by atoms with Gasteiger partial charge in [0.05, 0.1) is 11.5 Å². The van der Waals surface area contributed by atoms with E-state index in [1.54, 1.807) is 0 Å². The van der Waals surface area contributed by atoms with Crippen molar-refractivity contribution in [3.63, 3.8) is 0 Å². The van der Waals surface area contributed by atoms with Crippen LogP contribution in [0.1, 0.15) is 27.2 Å². The predicted molar refractivity (Wildman–Crippen MR) is 70.0 cm³/mol. The van der Waals surface area contributed by atoms with Gasteiger partial charge in [0, 0.05) is 37.8 Å². The van der Waals surface area contributed by atoms with Gasteiger partial charge in [-0.3, -0.25) is 9.80 Å². The molecule has 17 heavy (non-hydrogen) atoms. The summed E-state index contributed by atoms with van der Waals surface area (Å²) in [6.45, 7) is 10.9.